The summed E-state index contributed by atoms with van der Waals surface area (Å²) in [6.45, 7) is 11.1. The number of carbonyl (C=O) groups is 4. The molecule has 0 aromatic heterocycles. The Morgan fingerprint density at radius 1 is 0.811 bits per heavy atom. The summed E-state index contributed by atoms with van der Waals surface area (Å²) in [7, 11) is 1.46. The lowest BCUT2D eigenvalue weighted by molar-refractivity contribution is -0.147. The van der Waals surface area contributed by atoms with Gasteiger partial charge in [0.05, 0.1) is 30.8 Å². The number of hydrogen-bond donors (Lipinski definition) is 1. The lowest BCUT2D eigenvalue weighted by atomic mass is 9.57. The minimum absolute atomic E-state index is 0.0182. The molecule has 198 valence electrons. The number of benzene rings is 1. The van der Waals surface area contributed by atoms with Crippen LogP contribution in [0.15, 0.2) is 29.8 Å². The molecule has 2 saturated heterocycles. The molecule has 1 aromatic carbocycles. The van der Waals surface area contributed by atoms with Gasteiger partial charge in [-0.2, -0.15) is 0 Å². The largest absolute Gasteiger partial charge is 0.504 e. The average molecular weight is 509 g/mol. The first-order valence-corrected chi connectivity index (χ1v) is 13.0. The fraction of sp³-hybridized carbons (Fsp3) is 0.586. The highest BCUT2D eigenvalue weighted by molar-refractivity contribution is 6.08. The number of ether oxygens (including phenoxy) is 1. The van der Waals surface area contributed by atoms with Gasteiger partial charge >= 0.3 is 0 Å². The summed E-state index contributed by atoms with van der Waals surface area (Å²) in [5.74, 6) is -3.55. The van der Waals surface area contributed by atoms with Gasteiger partial charge in [0.1, 0.15) is 0 Å². The molecule has 0 radical (unpaired) electrons. The Morgan fingerprint density at radius 2 is 1.38 bits per heavy atom. The standard InChI is InChI=1S/C29H36N2O6/c1-28(2,3)30-24(33)16-10-9-15-17(22(16)26(30)35)13-18-23(27(36)31(25(18)34)29(4,5)6)21(15)14-8-11-19(32)20(12-14)37-7/h8-9,11-12,16-18,21-23,32H,10,13H2,1-7H3. The van der Waals surface area contributed by atoms with Crippen LogP contribution in [0.3, 0.4) is 0 Å². The van der Waals surface area contributed by atoms with Crippen LogP contribution in [0.25, 0.3) is 0 Å². The first kappa shape index (κ1) is 25.5. The molecule has 6 atom stereocenters. The number of imide groups is 2. The van der Waals surface area contributed by atoms with Crippen LogP contribution in [0.5, 0.6) is 11.5 Å². The van der Waals surface area contributed by atoms with Crippen molar-refractivity contribution in [1.29, 1.82) is 0 Å². The van der Waals surface area contributed by atoms with Gasteiger partial charge in [-0.1, -0.05) is 17.7 Å². The van der Waals surface area contributed by atoms with E-state index >= 15 is 0 Å². The van der Waals surface area contributed by atoms with Crippen LogP contribution in [0.4, 0.5) is 0 Å². The lowest BCUT2D eigenvalue weighted by Crippen LogP contribution is -2.47. The number of allylic oxidation sites excluding steroid dienone is 2. The van der Waals surface area contributed by atoms with Gasteiger partial charge in [0.2, 0.25) is 23.6 Å². The normalized spacial score (nSPS) is 31.8. The zero-order valence-electron chi connectivity index (χ0n) is 22.6. The van der Waals surface area contributed by atoms with E-state index in [4.69, 9.17) is 4.74 Å². The summed E-state index contributed by atoms with van der Waals surface area (Å²) in [6, 6.07) is 5.01. The van der Waals surface area contributed by atoms with Crippen LogP contribution in [0.1, 0.15) is 65.9 Å². The van der Waals surface area contributed by atoms with Gasteiger partial charge in [-0.05, 0) is 78.0 Å². The van der Waals surface area contributed by atoms with Gasteiger partial charge in [0.15, 0.2) is 11.5 Å². The predicted octanol–water partition coefficient (Wildman–Crippen LogP) is 3.63. The first-order valence-electron chi connectivity index (χ1n) is 13.0. The van der Waals surface area contributed by atoms with Gasteiger partial charge in [-0.15, -0.1) is 0 Å². The molecule has 0 bridgehead atoms. The first-order chi connectivity index (χ1) is 17.2. The molecular weight excluding hydrogens is 472 g/mol. The van der Waals surface area contributed by atoms with E-state index in [0.717, 1.165) is 11.1 Å². The molecule has 3 fully saturated rings. The molecule has 4 amide bonds. The summed E-state index contributed by atoms with van der Waals surface area (Å²) < 4.78 is 5.36. The van der Waals surface area contributed by atoms with Crippen molar-refractivity contribution in [3.63, 3.8) is 0 Å². The number of hydrogen-bond acceptors (Lipinski definition) is 6. The maximum absolute atomic E-state index is 13.9. The molecule has 2 heterocycles. The van der Waals surface area contributed by atoms with Gasteiger partial charge < -0.3 is 9.84 Å². The highest BCUT2D eigenvalue weighted by Crippen LogP contribution is 2.59. The van der Waals surface area contributed by atoms with E-state index in [1.807, 2.05) is 47.6 Å². The Bertz CT molecular complexity index is 1240. The lowest BCUT2D eigenvalue weighted by Gasteiger charge is -2.44. The van der Waals surface area contributed by atoms with Crippen molar-refractivity contribution < 1.29 is 29.0 Å². The number of likely N-dealkylation sites (tertiary alicyclic amines) is 2. The van der Waals surface area contributed by atoms with Crippen molar-refractivity contribution in [2.24, 2.45) is 29.6 Å². The second kappa shape index (κ2) is 8.17. The Labute approximate surface area is 217 Å². The van der Waals surface area contributed by atoms with Gasteiger partial charge in [-0.25, -0.2) is 0 Å². The summed E-state index contributed by atoms with van der Waals surface area (Å²) in [6.07, 6.45) is 2.81. The van der Waals surface area contributed by atoms with E-state index in [1.165, 1.54) is 23.0 Å². The Kier molecular flexibility index (Phi) is 5.63. The van der Waals surface area contributed by atoms with Crippen molar-refractivity contribution in [1.82, 2.24) is 9.80 Å². The number of aromatic hydroxyl groups is 1. The maximum Gasteiger partial charge on any atom is 0.234 e. The van der Waals surface area contributed by atoms with Crippen LogP contribution in [0, 0.1) is 29.6 Å². The maximum atomic E-state index is 13.9. The summed E-state index contributed by atoms with van der Waals surface area (Å²) >= 11 is 0. The predicted molar refractivity (Wildman–Crippen MR) is 135 cm³/mol. The fourth-order valence-electron chi connectivity index (χ4n) is 7.17. The Hall–Kier alpha value is -3.16. The minimum atomic E-state index is -0.688. The van der Waals surface area contributed by atoms with E-state index < -0.39 is 40.7 Å². The smallest absolute Gasteiger partial charge is 0.234 e. The second-order valence-corrected chi connectivity index (χ2v) is 12.8. The molecule has 5 rings (SSSR count). The number of nitrogens with zero attached hydrogens (tertiary/aromatic N) is 2. The third-order valence-electron chi connectivity index (χ3n) is 8.55. The van der Waals surface area contributed by atoms with Crippen LogP contribution in [-0.4, -0.2) is 56.7 Å². The van der Waals surface area contributed by atoms with Crippen molar-refractivity contribution in [3.05, 3.63) is 35.4 Å². The number of carbonyl (C=O) groups excluding carboxylic acids is 4. The number of fused-ring (bicyclic) bond motifs is 4. The summed E-state index contributed by atoms with van der Waals surface area (Å²) in [5, 5.41) is 10.2. The van der Waals surface area contributed by atoms with Crippen molar-refractivity contribution in [3.8, 4) is 11.5 Å². The molecular formula is C29H36N2O6. The van der Waals surface area contributed by atoms with Crippen molar-refractivity contribution in [2.45, 2.75) is 71.4 Å². The summed E-state index contributed by atoms with van der Waals surface area (Å²) in [5.41, 5.74) is 0.353. The fourth-order valence-corrected chi connectivity index (χ4v) is 7.17. The van der Waals surface area contributed by atoms with Crippen LogP contribution >= 0.6 is 0 Å². The molecule has 0 spiro atoms. The monoisotopic (exact) mass is 508 g/mol. The molecule has 1 aromatic rings. The van der Waals surface area contributed by atoms with Crippen molar-refractivity contribution in [2.75, 3.05) is 7.11 Å². The summed E-state index contributed by atoms with van der Waals surface area (Å²) in [4.78, 5) is 57.5. The van der Waals surface area contributed by atoms with Crippen molar-refractivity contribution >= 4 is 23.6 Å². The topological polar surface area (TPSA) is 104 Å². The van der Waals surface area contributed by atoms with E-state index in [2.05, 4.69) is 0 Å². The molecule has 37 heavy (non-hydrogen) atoms. The third-order valence-corrected chi connectivity index (χ3v) is 8.55. The zero-order valence-corrected chi connectivity index (χ0v) is 22.6. The SMILES string of the molecule is COc1cc(C2C3=CCC4C(=O)N(C(C)(C)C)C(=O)C4C3CC3C(=O)N(C(C)(C)C)C(=O)C32)ccc1O. The van der Waals surface area contributed by atoms with Crippen LogP contribution in [0.2, 0.25) is 0 Å². The van der Waals surface area contributed by atoms with Crippen LogP contribution < -0.4 is 4.74 Å². The van der Waals surface area contributed by atoms with Gasteiger partial charge in [0.25, 0.3) is 0 Å². The molecule has 2 aliphatic heterocycles. The van der Waals surface area contributed by atoms with Gasteiger partial charge in [-0.3, -0.25) is 29.0 Å². The van der Waals surface area contributed by atoms with E-state index in [1.54, 1.807) is 12.1 Å². The minimum Gasteiger partial charge on any atom is -0.504 e. The van der Waals surface area contributed by atoms with E-state index in [0.29, 0.717) is 12.8 Å². The highest BCUT2D eigenvalue weighted by Gasteiger charge is 2.63. The Balaban J connectivity index is 1.66. The third kappa shape index (κ3) is 3.62. The molecule has 2 aliphatic carbocycles. The number of amides is 4. The van der Waals surface area contributed by atoms with Crippen LogP contribution in [-0.2, 0) is 19.2 Å². The van der Waals surface area contributed by atoms with E-state index in [-0.39, 0.29) is 41.0 Å². The molecule has 1 saturated carbocycles. The highest BCUT2D eigenvalue weighted by atomic mass is 16.5. The van der Waals surface area contributed by atoms with E-state index in [9.17, 15) is 24.3 Å². The zero-order chi connectivity index (χ0) is 27.2. The van der Waals surface area contributed by atoms with Gasteiger partial charge in [0, 0.05) is 17.0 Å². The molecule has 4 aliphatic rings. The molecule has 6 unspecified atom stereocenters. The number of rotatable bonds is 2. The molecule has 8 nitrogen and oxygen atoms in total. The number of phenolic OH excluding ortho intramolecular Hbond substituents is 1. The number of methoxy groups -OCH3 is 1. The molecule has 1 N–H and O–H groups in total. The quantitative estimate of drug-likeness (QED) is 0.483. The molecule has 8 heteroatoms. The second-order valence-electron chi connectivity index (χ2n) is 12.8. The Morgan fingerprint density at radius 3 is 1.95 bits per heavy atom. The average Bonchev–Trinajstić information content (AvgIpc) is 3.21. The number of phenols is 1.